The number of carboxylic acid groups (broad SMARTS) is 1. The average Bonchev–Trinajstić information content (AvgIpc) is 2.97. The molecular weight excluding hydrogens is 536 g/mol. The van der Waals surface area contributed by atoms with Gasteiger partial charge in [0.05, 0.1) is 6.04 Å². The fourth-order valence-corrected chi connectivity index (χ4v) is 5.64. The fraction of sp³-hybridized carbons (Fsp3) is 0.727. The first-order chi connectivity index (χ1) is 19.9. The van der Waals surface area contributed by atoms with E-state index in [4.69, 9.17) is 15.6 Å². The number of unbranched alkanes of at least 4 members (excludes halogenated alkanes) is 15. The molecule has 0 aliphatic rings. The molecule has 7 nitrogen and oxygen atoms in total. The van der Waals surface area contributed by atoms with E-state index in [1.807, 2.05) is 30.3 Å². The number of hydrogen-bond acceptors (Lipinski definition) is 6. The molecule has 234 valence electrons. The fourth-order valence-electron chi connectivity index (χ4n) is 4.66. The first-order valence-electron chi connectivity index (χ1n) is 16.0. The number of benzene rings is 1. The van der Waals surface area contributed by atoms with Crippen LogP contribution in [0.25, 0.3) is 0 Å². The van der Waals surface area contributed by atoms with Gasteiger partial charge in [0.1, 0.15) is 12.6 Å². The number of thioether (sulfide) groups is 1. The normalized spacial score (nSPS) is 12.5. The van der Waals surface area contributed by atoms with Crippen LogP contribution in [-0.2, 0) is 25.7 Å². The van der Waals surface area contributed by atoms with Crippen molar-refractivity contribution < 1.29 is 24.2 Å². The molecule has 2 atom stereocenters. The summed E-state index contributed by atoms with van der Waals surface area (Å²) in [5.41, 5.74) is 6.87. The number of carbonyl (C=O) groups excluding carboxylic acids is 2. The number of esters is 1. The standard InChI is InChI=1S/C33H56N2O5S/c1-2-3-4-5-6-7-8-9-10-11-12-13-14-15-16-20-25-41-27-29(34)32(38)35-30(23-24-31(36)37)33(39)40-26-28-21-18-17-19-22-28/h17-19,21-22,29-30H,2-16,20,23-27,34H2,1H3,(H,35,38)(H,36,37)/t29-,30+/m1/s1. The second-order valence-electron chi connectivity index (χ2n) is 11.1. The molecule has 0 radical (unpaired) electrons. The lowest BCUT2D eigenvalue weighted by atomic mass is 10.0. The van der Waals surface area contributed by atoms with Gasteiger partial charge in [0.2, 0.25) is 5.91 Å². The van der Waals surface area contributed by atoms with E-state index in [0.29, 0.717) is 5.75 Å². The molecule has 8 heteroatoms. The molecule has 1 aromatic rings. The van der Waals surface area contributed by atoms with Crippen LogP contribution in [-0.4, -0.2) is 46.5 Å². The molecule has 0 fully saturated rings. The number of nitrogens with one attached hydrogen (secondary N) is 1. The largest absolute Gasteiger partial charge is 0.481 e. The summed E-state index contributed by atoms with van der Waals surface area (Å²) < 4.78 is 5.31. The van der Waals surface area contributed by atoms with E-state index in [9.17, 15) is 14.4 Å². The molecule has 0 aromatic heterocycles. The maximum Gasteiger partial charge on any atom is 0.328 e. The van der Waals surface area contributed by atoms with E-state index >= 15 is 0 Å². The Morgan fingerprint density at radius 2 is 1.34 bits per heavy atom. The molecule has 0 unspecified atom stereocenters. The number of aliphatic carboxylic acids is 1. The molecule has 0 aliphatic heterocycles. The number of nitrogens with two attached hydrogens (primary N) is 1. The number of carbonyl (C=O) groups is 3. The predicted molar refractivity (Wildman–Crippen MR) is 170 cm³/mol. The maximum atomic E-state index is 12.6. The molecule has 41 heavy (non-hydrogen) atoms. The van der Waals surface area contributed by atoms with Crippen molar-refractivity contribution in [1.82, 2.24) is 5.32 Å². The Morgan fingerprint density at radius 1 is 0.829 bits per heavy atom. The number of amides is 1. The molecule has 0 saturated carbocycles. The van der Waals surface area contributed by atoms with Gasteiger partial charge >= 0.3 is 11.9 Å². The SMILES string of the molecule is CCCCCCCCCCCCCCCCCCSC[C@@H](N)C(=O)N[C@@H](CCC(=O)O)C(=O)OCc1ccccc1. The van der Waals surface area contributed by atoms with Crippen LogP contribution in [0, 0.1) is 0 Å². The van der Waals surface area contributed by atoms with E-state index < -0.39 is 29.9 Å². The van der Waals surface area contributed by atoms with E-state index in [1.54, 1.807) is 11.8 Å². The van der Waals surface area contributed by atoms with Crippen LogP contribution in [0.4, 0.5) is 0 Å². The highest BCUT2D eigenvalue weighted by molar-refractivity contribution is 7.99. The summed E-state index contributed by atoms with van der Waals surface area (Å²) in [6, 6.07) is 7.37. The Balaban J connectivity index is 2.08. The van der Waals surface area contributed by atoms with Gasteiger partial charge in [-0.25, -0.2) is 4.79 Å². The molecule has 0 spiro atoms. The zero-order valence-electron chi connectivity index (χ0n) is 25.5. The third kappa shape index (κ3) is 21.3. The van der Waals surface area contributed by atoms with Crippen molar-refractivity contribution in [3.05, 3.63) is 35.9 Å². The monoisotopic (exact) mass is 592 g/mol. The van der Waals surface area contributed by atoms with Crippen molar-refractivity contribution in [2.75, 3.05) is 11.5 Å². The first kappa shape index (κ1) is 37.0. The van der Waals surface area contributed by atoms with Crippen LogP contribution in [0.15, 0.2) is 30.3 Å². The first-order valence-corrected chi connectivity index (χ1v) is 17.2. The number of rotatable bonds is 27. The summed E-state index contributed by atoms with van der Waals surface area (Å²) in [6.45, 7) is 2.32. The van der Waals surface area contributed by atoms with E-state index in [2.05, 4.69) is 12.2 Å². The minimum absolute atomic E-state index is 0.0479. The third-order valence-electron chi connectivity index (χ3n) is 7.25. The number of hydrogen-bond donors (Lipinski definition) is 3. The summed E-state index contributed by atoms with van der Waals surface area (Å²) in [7, 11) is 0. The van der Waals surface area contributed by atoms with Gasteiger partial charge in [0, 0.05) is 12.2 Å². The lowest BCUT2D eigenvalue weighted by molar-refractivity contribution is -0.149. The van der Waals surface area contributed by atoms with Crippen LogP contribution in [0.1, 0.15) is 128 Å². The predicted octanol–water partition coefficient (Wildman–Crippen LogP) is 7.40. The lowest BCUT2D eigenvalue weighted by Crippen LogP contribution is -2.50. The zero-order chi connectivity index (χ0) is 30.0. The van der Waals surface area contributed by atoms with Crippen LogP contribution >= 0.6 is 11.8 Å². The molecule has 0 heterocycles. The molecule has 0 bridgehead atoms. The van der Waals surface area contributed by atoms with E-state index in [-0.39, 0.29) is 19.4 Å². The Morgan fingerprint density at radius 3 is 1.85 bits per heavy atom. The van der Waals surface area contributed by atoms with Crippen molar-refractivity contribution in [1.29, 1.82) is 0 Å². The van der Waals surface area contributed by atoms with E-state index in [1.165, 1.54) is 96.3 Å². The van der Waals surface area contributed by atoms with Gasteiger partial charge in [0.15, 0.2) is 0 Å². The van der Waals surface area contributed by atoms with Gasteiger partial charge in [-0.2, -0.15) is 11.8 Å². The average molecular weight is 593 g/mol. The highest BCUT2D eigenvalue weighted by Crippen LogP contribution is 2.15. The van der Waals surface area contributed by atoms with Crippen molar-refractivity contribution in [3.8, 4) is 0 Å². The van der Waals surface area contributed by atoms with Gasteiger partial charge in [-0.15, -0.1) is 0 Å². The van der Waals surface area contributed by atoms with Crippen molar-refractivity contribution >= 4 is 29.6 Å². The Hall–Kier alpha value is -2.06. The summed E-state index contributed by atoms with van der Waals surface area (Å²) >= 11 is 1.64. The Bertz CT molecular complexity index is 808. The minimum Gasteiger partial charge on any atom is -0.481 e. The number of ether oxygens (including phenoxy) is 1. The molecule has 0 aliphatic carbocycles. The second kappa shape index (κ2) is 25.6. The van der Waals surface area contributed by atoms with Gasteiger partial charge in [0.25, 0.3) is 0 Å². The molecule has 4 N–H and O–H groups in total. The lowest BCUT2D eigenvalue weighted by Gasteiger charge is -2.19. The van der Waals surface area contributed by atoms with Gasteiger partial charge < -0.3 is 20.9 Å². The molecule has 0 saturated heterocycles. The summed E-state index contributed by atoms with van der Waals surface area (Å²) in [5, 5.41) is 11.6. The van der Waals surface area contributed by atoms with Crippen molar-refractivity contribution in [3.63, 3.8) is 0 Å². The molecule has 1 rings (SSSR count). The van der Waals surface area contributed by atoms with Gasteiger partial charge in [-0.05, 0) is 24.2 Å². The summed E-state index contributed by atoms with van der Waals surface area (Å²) in [4.78, 5) is 36.2. The summed E-state index contributed by atoms with van der Waals surface area (Å²) in [5.74, 6) is -0.761. The highest BCUT2D eigenvalue weighted by atomic mass is 32.2. The maximum absolute atomic E-state index is 12.6. The smallest absolute Gasteiger partial charge is 0.328 e. The van der Waals surface area contributed by atoms with Crippen LogP contribution in [0.5, 0.6) is 0 Å². The quantitative estimate of drug-likeness (QED) is 0.0719. The highest BCUT2D eigenvalue weighted by Gasteiger charge is 2.25. The third-order valence-corrected chi connectivity index (χ3v) is 8.42. The van der Waals surface area contributed by atoms with Gasteiger partial charge in [-0.3, -0.25) is 9.59 Å². The Kier molecular flexibility index (Phi) is 23.1. The topological polar surface area (TPSA) is 119 Å². The van der Waals surface area contributed by atoms with Crippen molar-refractivity contribution in [2.45, 2.75) is 141 Å². The minimum atomic E-state index is -1.04. The summed E-state index contributed by atoms with van der Waals surface area (Å²) in [6.07, 6.45) is 21.1. The zero-order valence-corrected chi connectivity index (χ0v) is 26.3. The second-order valence-corrected chi connectivity index (χ2v) is 12.2. The van der Waals surface area contributed by atoms with Crippen molar-refractivity contribution in [2.24, 2.45) is 5.73 Å². The van der Waals surface area contributed by atoms with Crippen LogP contribution < -0.4 is 11.1 Å². The van der Waals surface area contributed by atoms with Crippen LogP contribution in [0.3, 0.4) is 0 Å². The number of carboxylic acids is 1. The molecule has 1 amide bonds. The molecule has 1 aromatic carbocycles. The van der Waals surface area contributed by atoms with E-state index in [0.717, 1.165) is 17.7 Å². The molecular formula is C33H56N2O5S. The van der Waals surface area contributed by atoms with Gasteiger partial charge in [-0.1, -0.05) is 134 Å². The van der Waals surface area contributed by atoms with Crippen LogP contribution in [0.2, 0.25) is 0 Å². The Labute approximate surface area is 253 Å².